The van der Waals surface area contributed by atoms with Gasteiger partial charge in [-0.05, 0) is 14.7 Å². The smallest absolute Gasteiger partial charge is 0.215 e. The summed E-state index contributed by atoms with van der Waals surface area (Å²) >= 11 is 3.39. The van der Waals surface area contributed by atoms with Crippen molar-refractivity contribution in [2.75, 3.05) is 6.66 Å². The van der Waals surface area contributed by atoms with E-state index in [0.29, 0.717) is 0 Å². The molecule has 0 aliphatic rings. The largest absolute Gasteiger partial charge is 0.342 e. The highest BCUT2D eigenvalue weighted by molar-refractivity contribution is 9.11. The van der Waals surface area contributed by atoms with Crippen LogP contribution in [0.15, 0.2) is 0 Å². The van der Waals surface area contributed by atoms with E-state index in [1.807, 2.05) is 0 Å². The normalized spacial score (nSPS) is 20.4. The predicted octanol–water partition coefficient (Wildman–Crippen LogP) is 3.39. The molecule has 1 N–H and O–H groups in total. The first-order chi connectivity index (χ1) is 4.95. The van der Waals surface area contributed by atoms with E-state index in [1.54, 1.807) is 0 Å². The van der Waals surface area contributed by atoms with E-state index in [4.69, 9.17) is 4.89 Å². The van der Waals surface area contributed by atoms with Gasteiger partial charge in [0.15, 0.2) is 0 Å². The minimum atomic E-state index is -2.78. The van der Waals surface area contributed by atoms with Crippen molar-refractivity contribution in [3.8, 4) is 0 Å². The van der Waals surface area contributed by atoms with Gasteiger partial charge >= 0.3 is 0 Å². The van der Waals surface area contributed by atoms with Crippen molar-refractivity contribution in [1.29, 1.82) is 0 Å². The zero-order valence-electron chi connectivity index (χ0n) is 6.88. The van der Waals surface area contributed by atoms with Crippen LogP contribution in [0.4, 0.5) is 0 Å². The summed E-state index contributed by atoms with van der Waals surface area (Å²) in [5.41, 5.74) is 0. The summed E-state index contributed by atoms with van der Waals surface area (Å²) in [6.07, 6.45) is 3.28. The van der Waals surface area contributed by atoms with Gasteiger partial charge in [-0.15, -0.1) is 0 Å². The molecule has 0 rings (SSSR count). The van der Waals surface area contributed by atoms with Crippen LogP contribution >= 0.6 is 31.3 Å². The molecule has 2 nitrogen and oxygen atoms in total. The molecule has 0 aliphatic heterocycles. The van der Waals surface area contributed by atoms with Gasteiger partial charge in [0.1, 0.15) is 0 Å². The lowest BCUT2D eigenvalue weighted by Gasteiger charge is -2.10. The van der Waals surface area contributed by atoms with Crippen molar-refractivity contribution in [1.82, 2.24) is 0 Å². The summed E-state index contributed by atoms with van der Waals surface area (Å²) in [6, 6.07) is 0. The fraction of sp³-hybridized carbons (Fsp3) is 1.00. The standard InChI is InChI=1S/C6H15BrO2P2/c1-3-4-5-6(7)10-11(2,8)9/h6,10H,3-5H2,1-2H3,(H,8,9). The van der Waals surface area contributed by atoms with Crippen molar-refractivity contribution in [2.24, 2.45) is 0 Å². The number of hydrogen-bond acceptors (Lipinski definition) is 1. The third-order valence-corrected chi connectivity index (χ3v) is 6.82. The Kier molecular flexibility index (Phi) is 6.26. The van der Waals surface area contributed by atoms with E-state index in [-0.39, 0.29) is 12.8 Å². The molecule has 0 saturated carbocycles. The van der Waals surface area contributed by atoms with Gasteiger partial charge in [-0.1, -0.05) is 35.7 Å². The monoisotopic (exact) mass is 260 g/mol. The van der Waals surface area contributed by atoms with Crippen LogP contribution in [0.1, 0.15) is 26.2 Å². The molecule has 3 unspecified atom stereocenters. The third-order valence-electron chi connectivity index (χ3n) is 1.19. The highest BCUT2D eigenvalue weighted by Crippen LogP contribution is 2.61. The summed E-state index contributed by atoms with van der Waals surface area (Å²) in [4.78, 5) is 9.03. The van der Waals surface area contributed by atoms with Gasteiger partial charge in [0.25, 0.3) is 0 Å². The maximum atomic E-state index is 10.9. The van der Waals surface area contributed by atoms with E-state index in [9.17, 15) is 4.57 Å². The highest BCUT2D eigenvalue weighted by atomic mass is 79.9. The molecule has 11 heavy (non-hydrogen) atoms. The fourth-order valence-electron chi connectivity index (χ4n) is 0.708. The topological polar surface area (TPSA) is 37.3 Å². The van der Waals surface area contributed by atoms with Gasteiger partial charge in [0.05, 0.1) is 0 Å². The first-order valence-electron chi connectivity index (χ1n) is 3.68. The first kappa shape index (κ1) is 12.1. The summed E-state index contributed by atoms with van der Waals surface area (Å²) in [5.74, 6) is 0. The Balaban J connectivity index is 3.52. The Hall–Kier alpha value is 1.10. The number of alkyl halides is 1. The number of rotatable bonds is 5. The molecular weight excluding hydrogens is 246 g/mol. The van der Waals surface area contributed by atoms with Crippen LogP contribution in [0, 0.1) is 0 Å². The third kappa shape index (κ3) is 9.01. The Morgan fingerprint density at radius 3 is 2.64 bits per heavy atom. The molecule has 0 aliphatic carbocycles. The minimum absolute atomic E-state index is 0.153. The molecule has 0 aromatic heterocycles. The quantitative estimate of drug-likeness (QED) is 0.608. The molecule has 0 bridgehead atoms. The summed E-state index contributed by atoms with van der Waals surface area (Å²) in [6.45, 7) is 3.54. The van der Waals surface area contributed by atoms with E-state index in [0.717, 1.165) is 19.3 Å². The average Bonchev–Trinajstić information content (AvgIpc) is 1.79. The van der Waals surface area contributed by atoms with Crippen LogP contribution in [0.5, 0.6) is 0 Å². The fourth-order valence-corrected chi connectivity index (χ4v) is 7.25. The lowest BCUT2D eigenvalue weighted by molar-refractivity contribution is 0.502. The first-order valence-corrected chi connectivity index (χ1v) is 8.62. The number of hydrogen-bond donors (Lipinski definition) is 1. The van der Waals surface area contributed by atoms with Gasteiger partial charge in [-0.3, -0.25) is 4.57 Å². The molecular formula is C6H15BrO2P2. The average molecular weight is 261 g/mol. The zero-order chi connectivity index (χ0) is 8.91. The SMILES string of the molecule is CCCCC(Br)PP(C)(=O)O. The van der Waals surface area contributed by atoms with Gasteiger partial charge in [0.2, 0.25) is 7.06 Å². The van der Waals surface area contributed by atoms with Crippen molar-refractivity contribution in [2.45, 2.75) is 30.8 Å². The van der Waals surface area contributed by atoms with Crippen LogP contribution in [0.25, 0.3) is 0 Å². The van der Waals surface area contributed by atoms with Crippen LogP contribution in [-0.4, -0.2) is 16.1 Å². The highest BCUT2D eigenvalue weighted by Gasteiger charge is 2.15. The lowest BCUT2D eigenvalue weighted by Crippen LogP contribution is -1.87. The molecule has 0 heterocycles. The Labute approximate surface area is 78.4 Å². The van der Waals surface area contributed by atoms with Crippen LogP contribution < -0.4 is 0 Å². The van der Waals surface area contributed by atoms with Gasteiger partial charge < -0.3 is 4.89 Å². The van der Waals surface area contributed by atoms with Crippen LogP contribution in [-0.2, 0) is 4.57 Å². The Morgan fingerprint density at radius 1 is 1.73 bits per heavy atom. The maximum absolute atomic E-state index is 10.9. The second-order valence-corrected chi connectivity index (χ2v) is 10.5. The van der Waals surface area contributed by atoms with Crippen LogP contribution in [0.2, 0.25) is 0 Å². The van der Waals surface area contributed by atoms with Crippen LogP contribution in [0.3, 0.4) is 0 Å². The van der Waals surface area contributed by atoms with Crippen molar-refractivity contribution < 1.29 is 9.46 Å². The molecule has 0 saturated heterocycles. The summed E-state index contributed by atoms with van der Waals surface area (Å²) in [5, 5.41) is 0. The molecule has 0 aromatic rings. The molecule has 0 amide bonds. The molecule has 0 radical (unpaired) electrons. The van der Waals surface area contributed by atoms with Crippen molar-refractivity contribution in [3.63, 3.8) is 0 Å². The molecule has 0 aromatic carbocycles. The maximum Gasteiger partial charge on any atom is 0.215 e. The summed E-state index contributed by atoms with van der Waals surface area (Å²) < 4.78 is 11.2. The van der Waals surface area contributed by atoms with Crippen molar-refractivity contribution >= 4 is 31.3 Å². The molecule has 5 heteroatoms. The number of halogens is 1. The van der Waals surface area contributed by atoms with Gasteiger partial charge in [-0.25, -0.2) is 0 Å². The van der Waals surface area contributed by atoms with Gasteiger partial charge in [0, 0.05) is 11.2 Å². The minimum Gasteiger partial charge on any atom is -0.342 e. The molecule has 3 atom stereocenters. The summed E-state index contributed by atoms with van der Waals surface area (Å²) in [7, 11) is -2.63. The molecule has 0 fully saturated rings. The van der Waals surface area contributed by atoms with Gasteiger partial charge in [-0.2, -0.15) is 0 Å². The Morgan fingerprint density at radius 2 is 2.27 bits per heavy atom. The van der Waals surface area contributed by atoms with E-state index >= 15 is 0 Å². The van der Waals surface area contributed by atoms with Crippen molar-refractivity contribution in [3.05, 3.63) is 0 Å². The lowest BCUT2D eigenvalue weighted by atomic mass is 10.3. The zero-order valence-corrected chi connectivity index (χ0v) is 10.4. The Bertz CT molecular complexity index is 146. The second kappa shape index (κ2) is 5.70. The van der Waals surface area contributed by atoms with E-state index < -0.39 is 7.06 Å². The predicted molar refractivity (Wildman–Crippen MR) is 56.3 cm³/mol. The molecule has 68 valence electrons. The van der Waals surface area contributed by atoms with E-state index in [2.05, 4.69) is 22.9 Å². The number of unbranched alkanes of at least 4 members (excludes halogenated alkanes) is 1. The second-order valence-electron chi connectivity index (χ2n) is 2.62. The van der Waals surface area contributed by atoms with E-state index in [1.165, 1.54) is 6.66 Å². The molecule has 0 spiro atoms.